The smallest absolute Gasteiger partial charge is 0.163 e. The topological polar surface area (TPSA) is 68.2 Å². The molecule has 0 aromatic carbocycles. The summed E-state index contributed by atoms with van der Waals surface area (Å²) in [6.45, 7) is 11.8. The van der Waals surface area contributed by atoms with Crippen molar-refractivity contribution in [1.82, 2.24) is 0 Å². The summed E-state index contributed by atoms with van der Waals surface area (Å²) in [5.41, 5.74) is 1.13. The summed E-state index contributed by atoms with van der Waals surface area (Å²) < 4.78 is 16.7. The molecule has 2 N–H and O–H groups in total. The van der Waals surface area contributed by atoms with Crippen LogP contribution in [0.3, 0.4) is 0 Å². The molecule has 2 aliphatic rings. The van der Waals surface area contributed by atoms with Crippen molar-refractivity contribution in [3.8, 4) is 0 Å². The van der Waals surface area contributed by atoms with Crippen LogP contribution in [0.4, 0.5) is 0 Å². The zero-order chi connectivity index (χ0) is 14.0. The summed E-state index contributed by atoms with van der Waals surface area (Å²) in [4.78, 5) is 0. The molecule has 18 heavy (non-hydrogen) atoms. The average Bonchev–Trinajstić information content (AvgIpc) is 2.69. The maximum Gasteiger partial charge on any atom is 0.163 e. The van der Waals surface area contributed by atoms with Crippen molar-refractivity contribution < 1.29 is 24.4 Å². The molecule has 5 heteroatoms. The van der Waals surface area contributed by atoms with Crippen LogP contribution < -0.4 is 0 Å². The summed E-state index contributed by atoms with van der Waals surface area (Å²) in [6, 6.07) is 0. The van der Waals surface area contributed by atoms with Gasteiger partial charge in [-0.15, -0.1) is 0 Å². The number of hydrogen-bond acceptors (Lipinski definition) is 5. The van der Waals surface area contributed by atoms with E-state index in [1.54, 1.807) is 0 Å². The number of hydrogen-bond donors (Lipinski definition) is 2. The van der Waals surface area contributed by atoms with Crippen molar-refractivity contribution in [3.63, 3.8) is 0 Å². The Morgan fingerprint density at radius 2 is 1.89 bits per heavy atom. The maximum absolute atomic E-state index is 8.08. The molecule has 0 radical (unpaired) electrons. The maximum atomic E-state index is 8.08. The lowest BCUT2D eigenvalue weighted by Gasteiger charge is -2.20. The van der Waals surface area contributed by atoms with Crippen LogP contribution in [-0.4, -0.2) is 47.2 Å². The molecule has 2 rings (SSSR count). The van der Waals surface area contributed by atoms with Gasteiger partial charge >= 0.3 is 0 Å². The van der Waals surface area contributed by atoms with Crippen molar-refractivity contribution in [3.05, 3.63) is 12.2 Å². The lowest BCUT2D eigenvalue weighted by atomic mass is 10.1. The minimum atomic E-state index is -1.50. The predicted molar refractivity (Wildman–Crippen MR) is 66.9 cm³/mol. The monoisotopic (exact) mass is 260 g/mol. The van der Waals surface area contributed by atoms with Gasteiger partial charge in [0.05, 0.1) is 13.2 Å². The van der Waals surface area contributed by atoms with Crippen LogP contribution in [0, 0.1) is 0 Å². The summed E-state index contributed by atoms with van der Waals surface area (Å²) in [5.74, 6) is -1.96. The Morgan fingerprint density at radius 1 is 1.33 bits per heavy atom. The second-order valence-corrected chi connectivity index (χ2v) is 5.56. The molecule has 2 aliphatic heterocycles. The highest BCUT2D eigenvalue weighted by Crippen LogP contribution is 2.31. The number of rotatable bonds is 1. The summed E-state index contributed by atoms with van der Waals surface area (Å²) >= 11 is 0. The quantitative estimate of drug-likeness (QED) is 0.547. The van der Waals surface area contributed by atoms with Gasteiger partial charge in [-0.05, 0) is 39.7 Å². The standard InChI is InChI=1S/C10H16O3.C3H8O2/c1-7-4-5-11-9(7)8-6-12-10(2,3)13-8;1-3(2,4)5/h8-9H,1,4-6H2,2-3H3;4-5H,1-2H3/t8?,9-;/m0./s1. The first-order chi connectivity index (χ1) is 8.08. The highest BCUT2D eigenvalue weighted by Gasteiger charge is 2.40. The van der Waals surface area contributed by atoms with Crippen LogP contribution in [0.25, 0.3) is 0 Å². The van der Waals surface area contributed by atoms with Crippen LogP contribution in [0.15, 0.2) is 12.2 Å². The summed E-state index contributed by atoms with van der Waals surface area (Å²) in [5, 5.41) is 16.2. The zero-order valence-corrected chi connectivity index (χ0v) is 11.6. The van der Waals surface area contributed by atoms with E-state index in [9.17, 15) is 0 Å². The van der Waals surface area contributed by atoms with Gasteiger partial charge in [0.15, 0.2) is 11.6 Å². The molecule has 0 aromatic rings. The SMILES string of the molecule is C=C1CCO[C@@H]1C1COC(C)(C)O1.CC(C)(O)O. The van der Waals surface area contributed by atoms with Gasteiger partial charge in [-0.2, -0.15) is 0 Å². The van der Waals surface area contributed by atoms with Crippen LogP contribution >= 0.6 is 0 Å². The molecule has 0 aliphatic carbocycles. The Hall–Kier alpha value is -0.460. The van der Waals surface area contributed by atoms with Crippen molar-refractivity contribution in [2.45, 2.75) is 57.9 Å². The minimum absolute atomic E-state index is 0.0324. The van der Waals surface area contributed by atoms with Crippen LogP contribution in [0.2, 0.25) is 0 Å². The van der Waals surface area contributed by atoms with E-state index in [2.05, 4.69) is 6.58 Å². The fourth-order valence-corrected chi connectivity index (χ4v) is 1.81. The minimum Gasteiger partial charge on any atom is -0.371 e. The zero-order valence-electron chi connectivity index (χ0n) is 11.6. The van der Waals surface area contributed by atoms with E-state index in [0.717, 1.165) is 18.6 Å². The Bertz CT molecular complexity index is 286. The third kappa shape index (κ3) is 5.46. The molecule has 0 spiro atoms. The van der Waals surface area contributed by atoms with Crippen molar-refractivity contribution in [2.75, 3.05) is 13.2 Å². The lowest BCUT2D eigenvalue weighted by molar-refractivity contribution is -0.149. The highest BCUT2D eigenvalue weighted by atomic mass is 16.7. The molecular formula is C13H24O5. The Balaban J connectivity index is 0.000000280. The van der Waals surface area contributed by atoms with Gasteiger partial charge in [-0.3, -0.25) is 0 Å². The van der Waals surface area contributed by atoms with Gasteiger partial charge in [0.1, 0.15) is 12.2 Å². The molecule has 0 bridgehead atoms. The fraction of sp³-hybridized carbons (Fsp3) is 0.846. The van der Waals surface area contributed by atoms with Gasteiger partial charge in [0.2, 0.25) is 0 Å². The van der Waals surface area contributed by atoms with Gasteiger partial charge < -0.3 is 24.4 Å². The Kier molecular flexibility index (Phi) is 4.91. The summed E-state index contributed by atoms with van der Waals surface area (Å²) in [6.07, 6.45) is 1.03. The van der Waals surface area contributed by atoms with Crippen LogP contribution in [-0.2, 0) is 14.2 Å². The predicted octanol–water partition coefficient (Wildman–Crippen LogP) is 1.19. The van der Waals surface area contributed by atoms with Gasteiger partial charge in [-0.25, -0.2) is 0 Å². The molecule has 1 unspecified atom stereocenters. The van der Waals surface area contributed by atoms with Crippen LogP contribution in [0.5, 0.6) is 0 Å². The molecule has 2 fully saturated rings. The second-order valence-electron chi connectivity index (χ2n) is 5.56. The molecular weight excluding hydrogens is 236 g/mol. The number of aliphatic hydroxyl groups is 2. The van der Waals surface area contributed by atoms with Crippen LogP contribution in [0.1, 0.15) is 34.1 Å². The molecule has 106 valence electrons. The second kappa shape index (κ2) is 5.67. The first kappa shape index (κ1) is 15.6. The normalized spacial score (nSPS) is 31.1. The largest absolute Gasteiger partial charge is 0.371 e. The fourth-order valence-electron chi connectivity index (χ4n) is 1.81. The molecule has 0 aromatic heterocycles. The van der Waals surface area contributed by atoms with Gasteiger partial charge in [0.25, 0.3) is 0 Å². The van der Waals surface area contributed by atoms with Gasteiger partial charge in [-0.1, -0.05) is 6.58 Å². The van der Waals surface area contributed by atoms with Gasteiger partial charge in [0, 0.05) is 0 Å². The third-order valence-corrected chi connectivity index (χ3v) is 2.49. The first-order valence-corrected chi connectivity index (χ1v) is 6.14. The van der Waals surface area contributed by atoms with E-state index < -0.39 is 11.6 Å². The molecule has 0 amide bonds. The van der Waals surface area contributed by atoms with E-state index in [-0.39, 0.29) is 12.2 Å². The Labute approximate surface area is 108 Å². The van der Waals surface area contributed by atoms with E-state index in [1.165, 1.54) is 13.8 Å². The lowest BCUT2D eigenvalue weighted by Crippen LogP contribution is -2.31. The van der Waals surface area contributed by atoms with Crippen molar-refractivity contribution in [2.24, 2.45) is 0 Å². The average molecular weight is 260 g/mol. The number of ether oxygens (including phenoxy) is 3. The third-order valence-electron chi connectivity index (χ3n) is 2.49. The van der Waals surface area contributed by atoms with E-state index in [4.69, 9.17) is 24.4 Å². The first-order valence-electron chi connectivity index (χ1n) is 6.14. The molecule has 2 saturated heterocycles. The molecule has 2 atom stereocenters. The summed E-state index contributed by atoms with van der Waals surface area (Å²) in [7, 11) is 0. The molecule has 0 saturated carbocycles. The highest BCUT2D eigenvalue weighted by molar-refractivity contribution is 5.10. The van der Waals surface area contributed by atoms with Crippen molar-refractivity contribution >= 4 is 0 Å². The van der Waals surface area contributed by atoms with E-state index in [0.29, 0.717) is 6.61 Å². The van der Waals surface area contributed by atoms with Crippen molar-refractivity contribution in [1.29, 1.82) is 0 Å². The van der Waals surface area contributed by atoms with E-state index >= 15 is 0 Å². The Morgan fingerprint density at radius 3 is 2.22 bits per heavy atom. The molecule has 5 nitrogen and oxygen atoms in total. The molecule has 2 heterocycles. The van der Waals surface area contributed by atoms with E-state index in [1.807, 2.05) is 13.8 Å².